The van der Waals surface area contributed by atoms with Crippen LogP contribution in [0.2, 0.25) is 0 Å². The summed E-state index contributed by atoms with van der Waals surface area (Å²) in [5, 5.41) is 0. The summed E-state index contributed by atoms with van der Waals surface area (Å²) in [5.74, 6) is 0.623. The molecule has 112 valence electrons. The minimum Gasteiger partial charge on any atom is -0.452 e. The average molecular weight is 292 g/mol. The van der Waals surface area contributed by atoms with Gasteiger partial charge in [0.15, 0.2) is 11.2 Å². The van der Waals surface area contributed by atoms with Gasteiger partial charge in [0.1, 0.15) is 5.82 Å². The average Bonchev–Trinajstić information content (AvgIpc) is 2.80. The van der Waals surface area contributed by atoms with E-state index in [4.69, 9.17) is 4.74 Å². The van der Waals surface area contributed by atoms with E-state index in [-0.39, 0.29) is 17.1 Å². The van der Waals surface area contributed by atoms with E-state index in [1.54, 1.807) is 0 Å². The SMILES string of the molecule is COC(=O)n1c(C2CCC2)nc2c1c(=O)n(C)c(=O)n2C. The molecule has 0 atom stereocenters. The van der Waals surface area contributed by atoms with Crippen LogP contribution < -0.4 is 11.2 Å². The van der Waals surface area contributed by atoms with Crippen molar-refractivity contribution < 1.29 is 9.53 Å². The van der Waals surface area contributed by atoms with E-state index in [2.05, 4.69) is 4.98 Å². The second kappa shape index (κ2) is 4.57. The number of rotatable bonds is 1. The Kier molecular flexibility index (Phi) is 2.96. The third kappa shape index (κ3) is 1.75. The Morgan fingerprint density at radius 1 is 1.24 bits per heavy atom. The van der Waals surface area contributed by atoms with E-state index in [0.717, 1.165) is 23.8 Å². The van der Waals surface area contributed by atoms with Crippen molar-refractivity contribution in [3.05, 3.63) is 26.7 Å². The summed E-state index contributed by atoms with van der Waals surface area (Å²) in [4.78, 5) is 40.8. The topological polar surface area (TPSA) is 88.1 Å². The lowest BCUT2D eigenvalue weighted by molar-refractivity contribution is 0.171. The zero-order valence-electron chi connectivity index (χ0n) is 12.1. The first-order valence-electron chi connectivity index (χ1n) is 6.74. The molecule has 0 unspecified atom stereocenters. The zero-order valence-corrected chi connectivity index (χ0v) is 12.1. The third-order valence-electron chi connectivity index (χ3n) is 4.11. The van der Waals surface area contributed by atoms with Crippen LogP contribution in [0.25, 0.3) is 11.2 Å². The summed E-state index contributed by atoms with van der Waals surface area (Å²) < 4.78 is 8.23. The van der Waals surface area contributed by atoms with Crippen LogP contribution in [-0.2, 0) is 18.8 Å². The highest BCUT2D eigenvalue weighted by molar-refractivity contribution is 5.85. The first-order chi connectivity index (χ1) is 9.97. The van der Waals surface area contributed by atoms with Gasteiger partial charge in [-0.3, -0.25) is 13.9 Å². The maximum atomic E-state index is 12.4. The lowest BCUT2D eigenvalue weighted by Gasteiger charge is -2.24. The third-order valence-corrected chi connectivity index (χ3v) is 4.11. The van der Waals surface area contributed by atoms with E-state index in [9.17, 15) is 14.4 Å². The molecule has 21 heavy (non-hydrogen) atoms. The van der Waals surface area contributed by atoms with E-state index in [0.29, 0.717) is 5.82 Å². The van der Waals surface area contributed by atoms with Crippen molar-refractivity contribution in [1.29, 1.82) is 0 Å². The van der Waals surface area contributed by atoms with Gasteiger partial charge in [-0.2, -0.15) is 0 Å². The van der Waals surface area contributed by atoms with Gasteiger partial charge < -0.3 is 4.74 Å². The first kappa shape index (κ1) is 13.6. The Morgan fingerprint density at radius 3 is 2.43 bits per heavy atom. The molecule has 8 heteroatoms. The molecule has 2 aromatic heterocycles. The van der Waals surface area contributed by atoms with E-state index in [1.807, 2.05) is 0 Å². The highest BCUT2D eigenvalue weighted by atomic mass is 16.5. The van der Waals surface area contributed by atoms with Crippen LogP contribution in [0.15, 0.2) is 9.59 Å². The molecular weight excluding hydrogens is 276 g/mol. The largest absolute Gasteiger partial charge is 0.452 e. The summed E-state index contributed by atoms with van der Waals surface area (Å²) in [6.45, 7) is 0. The van der Waals surface area contributed by atoms with Gasteiger partial charge in [0.2, 0.25) is 0 Å². The minimum atomic E-state index is -0.657. The van der Waals surface area contributed by atoms with Gasteiger partial charge in [0, 0.05) is 20.0 Å². The Bertz CT molecular complexity index is 854. The highest BCUT2D eigenvalue weighted by Gasteiger charge is 2.31. The fourth-order valence-electron chi connectivity index (χ4n) is 2.63. The van der Waals surface area contributed by atoms with E-state index in [1.165, 1.54) is 30.3 Å². The van der Waals surface area contributed by atoms with Crippen molar-refractivity contribution in [2.45, 2.75) is 25.2 Å². The molecule has 0 N–H and O–H groups in total. The molecule has 0 spiro atoms. The van der Waals surface area contributed by atoms with Gasteiger partial charge in [-0.05, 0) is 12.8 Å². The highest BCUT2D eigenvalue weighted by Crippen LogP contribution is 2.36. The predicted molar refractivity (Wildman–Crippen MR) is 74.6 cm³/mol. The number of methoxy groups -OCH3 is 1. The standard InChI is InChI=1S/C13H16N4O4/c1-15-10-8(11(18)16(2)12(15)19)17(13(20)21-3)9(14-10)7-5-4-6-7/h7H,4-6H2,1-3H3. The number of ether oxygens (including phenoxy) is 1. The molecule has 0 bridgehead atoms. The maximum absolute atomic E-state index is 12.4. The number of imidazole rings is 1. The van der Waals surface area contributed by atoms with E-state index < -0.39 is 17.3 Å². The van der Waals surface area contributed by atoms with Gasteiger partial charge in [0.05, 0.1) is 7.11 Å². The molecule has 0 aliphatic heterocycles. The Labute approximate surface area is 119 Å². The lowest BCUT2D eigenvalue weighted by Crippen LogP contribution is -2.38. The maximum Gasteiger partial charge on any atom is 0.419 e. The summed E-state index contributed by atoms with van der Waals surface area (Å²) in [7, 11) is 4.16. The minimum absolute atomic E-state index is 0.0911. The van der Waals surface area contributed by atoms with Crippen molar-refractivity contribution in [3.8, 4) is 0 Å². The molecule has 1 fully saturated rings. The number of carbonyl (C=O) groups excluding carboxylic acids is 1. The molecule has 0 amide bonds. The second-order valence-electron chi connectivity index (χ2n) is 5.28. The molecule has 2 heterocycles. The molecule has 0 aromatic carbocycles. The lowest BCUT2D eigenvalue weighted by atomic mass is 9.85. The van der Waals surface area contributed by atoms with Crippen molar-refractivity contribution in [2.75, 3.05) is 7.11 Å². The first-order valence-corrected chi connectivity index (χ1v) is 6.74. The number of nitrogens with zero attached hydrogens (tertiary/aromatic N) is 4. The molecular formula is C13H16N4O4. The monoisotopic (exact) mass is 292 g/mol. The number of aromatic nitrogens is 4. The quantitative estimate of drug-likeness (QED) is 0.755. The molecule has 2 aromatic rings. The molecule has 8 nitrogen and oxygen atoms in total. The van der Waals surface area contributed by atoms with Crippen LogP contribution in [0, 0.1) is 0 Å². The normalized spacial score (nSPS) is 15.2. The molecule has 1 saturated carbocycles. The smallest absolute Gasteiger partial charge is 0.419 e. The number of hydrogen-bond acceptors (Lipinski definition) is 5. The zero-order chi connectivity index (χ0) is 15.3. The van der Waals surface area contributed by atoms with Gasteiger partial charge in [0.25, 0.3) is 5.56 Å². The van der Waals surface area contributed by atoms with Crippen molar-refractivity contribution in [1.82, 2.24) is 18.7 Å². The van der Waals surface area contributed by atoms with Crippen LogP contribution >= 0.6 is 0 Å². The van der Waals surface area contributed by atoms with Gasteiger partial charge in [-0.25, -0.2) is 19.1 Å². The summed E-state index contributed by atoms with van der Waals surface area (Å²) in [6.07, 6.45) is 2.23. The second-order valence-corrected chi connectivity index (χ2v) is 5.28. The summed E-state index contributed by atoms with van der Waals surface area (Å²) >= 11 is 0. The Balaban J connectivity index is 2.46. The Hall–Kier alpha value is -2.38. The number of hydrogen-bond donors (Lipinski definition) is 0. The fraction of sp³-hybridized carbons (Fsp3) is 0.538. The number of aryl methyl sites for hydroxylation is 1. The van der Waals surface area contributed by atoms with Crippen LogP contribution in [0.1, 0.15) is 31.0 Å². The molecule has 0 radical (unpaired) electrons. The number of fused-ring (bicyclic) bond motifs is 1. The van der Waals surface area contributed by atoms with Crippen LogP contribution in [-0.4, -0.2) is 31.9 Å². The van der Waals surface area contributed by atoms with Gasteiger partial charge >= 0.3 is 11.8 Å². The number of carbonyl (C=O) groups is 1. The van der Waals surface area contributed by atoms with Crippen molar-refractivity contribution in [3.63, 3.8) is 0 Å². The van der Waals surface area contributed by atoms with E-state index >= 15 is 0 Å². The molecule has 0 saturated heterocycles. The van der Waals surface area contributed by atoms with Crippen molar-refractivity contribution >= 4 is 17.3 Å². The summed E-state index contributed by atoms with van der Waals surface area (Å²) in [6, 6.07) is 0. The van der Waals surface area contributed by atoms with Crippen LogP contribution in [0.4, 0.5) is 4.79 Å². The fourth-order valence-corrected chi connectivity index (χ4v) is 2.63. The Morgan fingerprint density at radius 2 is 1.90 bits per heavy atom. The molecule has 1 aliphatic carbocycles. The molecule has 3 rings (SSSR count). The van der Waals surface area contributed by atoms with Crippen LogP contribution in [0.3, 0.4) is 0 Å². The van der Waals surface area contributed by atoms with Gasteiger partial charge in [-0.15, -0.1) is 0 Å². The predicted octanol–water partition coefficient (Wildman–Crippen LogP) is 0.316. The molecule has 1 aliphatic rings. The van der Waals surface area contributed by atoms with Crippen LogP contribution in [0.5, 0.6) is 0 Å². The van der Waals surface area contributed by atoms with Crippen molar-refractivity contribution in [2.24, 2.45) is 14.1 Å². The summed E-state index contributed by atoms with van der Waals surface area (Å²) in [5.41, 5.74) is -0.706. The van der Waals surface area contributed by atoms with Gasteiger partial charge in [-0.1, -0.05) is 6.42 Å².